The van der Waals surface area contributed by atoms with Crippen LogP contribution in [0.1, 0.15) is 28.8 Å². The molecule has 110 valence electrons. The molecule has 0 atom stereocenters. The standard InChI is InChI=1S/C17H19NO2S/c1-13-4-2-3-5-16(13)21-15-6-9-18(10-7-15)17(19)14-8-11-20-12-14/h2-5,8,11-12,15H,6-7,9-10H2,1H3. The van der Waals surface area contributed by atoms with E-state index in [9.17, 15) is 4.79 Å². The lowest BCUT2D eigenvalue weighted by atomic mass is 10.1. The van der Waals surface area contributed by atoms with E-state index in [0.717, 1.165) is 25.9 Å². The minimum absolute atomic E-state index is 0.0862. The summed E-state index contributed by atoms with van der Waals surface area (Å²) in [4.78, 5) is 15.5. The number of aryl methyl sites for hydroxylation is 1. The fourth-order valence-electron chi connectivity index (χ4n) is 2.61. The summed E-state index contributed by atoms with van der Waals surface area (Å²) in [6.45, 7) is 3.81. The molecule has 0 N–H and O–H groups in total. The molecule has 0 spiro atoms. The van der Waals surface area contributed by atoms with Crippen LogP contribution in [0.3, 0.4) is 0 Å². The Kier molecular flexibility index (Phi) is 4.34. The maximum absolute atomic E-state index is 12.2. The van der Waals surface area contributed by atoms with Crippen molar-refractivity contribution in [2.45, 2.75) is 29.9 Å². The van der Waals surface area contributed by atoms with Crippen LogP contribution in [0.15, 0.2) is 52.2 Å². The first-order valence-corrected chi connectivity index (χ1v) is 8.16. The zero-order valence-corrected chi connectivity index (χ0v) is 12.9. The number of rotatable bonds is 3. The predicted molar refractivity (Wildman–Crippen MR) is 84.7 cm³/mol. The van der Waals surface area contributed by atoms with E-state index in [-0.39, 0.29) is 5.91 Å². The average molecular weight is 301 g/mol. The van der Waals surface area contributed by atoms with Gasteiger partial charge in [0.2, 0.25) is 0 Å². The number of thioether (sulfide) groups is 1. The third kappa shape index (κ3) is 3.32. The number of hydrogen-bond acceptors (Lipinski definition) is 3. The highest BCUT2D eigenvalue weighted by molar-refractivity contribution is 8.00. The van der Waals surface area contributed by atoms with Crippen LogP contribution >= 0.6 is 11.8 Å². The molecule has 3 rings (SSSR count). The summed E-state index contributed by atoms with van der Waals surface area (Å²) >= 11 is 1.95. The van der Waals surface area contributed by atoms with Gasteiger partial charge in [0.25, 0.3) is 5.91 Å². The van der Waals surface area contributed by atoms with Gasteiger partial charge in [-0.05, 0) is 37.5 Å². The molecule has 1 aromatic heterocycles. The topological polar surface area (TPSA) is 33.5 Å². The van der Waals surface area contributed by atoms with E-state index in [1.807, 2.05) is 16.7 Å². The maximum Gasteiger partial charge on any atom is 0.257 e. The molecule has 1 saturated heterocycles. The van der Waals surface area contributed by atoms with E-state index in [0.29, 0.717) is 10.8 Å². The number of likely N-dealkylation sites (tertiary alicyclic amines) is 1. The summed E-state index contributed by atoms with van der Waals surface area (Å²) in [7, 11) is 0. The van der Waals surface area contributed by atoms with Gasteiger partial charge in [-0.25, -0.2) is 0 Å². The highest BCUT2D eigenvalue weighted by Gasteiger charge is 2.24. The maximum atomic E-state index is 12.2. The predicted octanol–water partition coefficient (Wildman–Crippen LogP) is 3.98. The molecule has 4 heteroatoms. The van der Waals surface area contributed by atoms with Gasteiger partial charge in [-0.1, -0.05) is 18.2 Å². The van der Waals surface area contributed by atoms with Gasteiger partial charge >= 0.3 is 0 Å². The largest absolute Gasteiger partial charge is 0.472 e. The Morgan fingerprint density at radius 1 is 1.24 bits per heavy atom. The molecule has 0 unspecified atom stereocenters. The van der Waals surface area contributed by atoms with E-state index < -0.39 is 0 Å². The van der Waals surface area contributed by atoms with E-state index in [4.69, 9.17) is 4.42 Å². The monoisotopic (exact) mass is 301 g/mol. The minimum Gasteiger partial charge on any atom is -0.472 e. The Morgan fingerprint density at radius 3 is 2.67 bits per heavy atom. The molecule has 1 amide bonds. The molecule has 1 aliphatic heterocycles. The minimum atomic E-state index is 0.0862. The van der Waals surface area contributed by atoms with Crippen molar-refractivity contribution in [2.24, 2.45) is 0 Å². The molecule has 1 fully saturated rings. The number of amides is 1. The molecular formula is C17H19NO2S. The number of carbonyl (C=O) groups is 1. The van der Waals surface area contributed by atoms with E-state index in [2.05, 4.69) is 31.2 Å². The first-order chi connectivity index (χ1) is 10.2. The molecule has 3 nitrogen and oxygen atoms in total. The third-order valence-electron chi connectivity index (χ3n) is 3.88. The number of benzene rings is 1. The SMILES string of the molecule is Cc1ccccc1SC1CCN(C(=O)c2ccoc2)CC1. The summed E-state index contributed by atoms with van der Waals surface area (Å²) < 4.78 is 4.99. The number of carbonyl (C=O) groups excluding carboxylic acids is 1. The van der Waals surface area contributed by atoms with Crippen LogP contribution < -0.4 is 0 Å². The molecule has 2 aromatic rings. The second kappa shape index (κ2) is 6.39. The van der Waals surface area contributed by atoms with Crippen molar-refractivity contribution in [2.75, 3.05) is 13.1 Å². The van der Waals surface area contributed by atoms with Crippen molar-refractivity contribution in [3.05, 3.63) is 54.0 Å². The Labute approximate surface area is 129 Å². The van der Waals surface area contributed by atoms with Crippen molar-refractivity contribution in [3.8, 4) is 0 Å². The number of hydrogen-bond donors (Lipinski definition) is 0. The van der Waals surface area contributed by atoms with Crippen molar-refractivity contribution in [3.63, 3.8) is 0 Å². The molecule has 2 heterocycles. The van der Waals surface area contributed by atoms with Crippen LogP contribution in [0, 0.1) is 6.92 Å². The summed E-state index contributed by atoms with van der Waals surface area (Å²) in [5.41, 5.74) is 1.99. The Hall–Kier alpha value is -1.68. The smallest absolute Gasteiger partial charge is 0.257 e. The summed E-state index contributed by atoms with van der Waals surface area (Å²) in [6, 6.07) is 10.2. The van der Waals surface area contributed by atoms with Crippen molar-refractivity contribution in [1.29, 1.82) is 0 Å². The lowest BCUT2D eigenvalue weighted by molar-refractivity contribution is 0.0726. The van der Waals surface area contributed by atoms with Crippen LogP contribution in [0.25, 0.3) is 0 Å². The van der Waals surface area contributed by atoms with E-state index >= 15 is 0 Å². The Balaban J connectivity index is 1.56. The molecule has 1 aliphatic rings. The molecule has 0 saturated carbocycles. The highest BCUT2D eigenvalue weighted by Crippen LogP contribution is 2.32. The number of nitrogens with zero attached hydrogens (tertiary/aromatic N) is 1. The van der Waals surface area contributed by atoms with E-state index in [1.54, 1.807) is 12.3 Å². The van der Waals surface area contributed by atoms with Gasteiger partial charge in [-0.2, -0.15) is 0 Å². The fraction of sp³-hybridized carbons (Fsp3) is 0.353. The van der Waals surface area contributed by atoms with Crippen molar-refractivity contribution < 1.29 is 9.21 Å². The molecule has 0 radical (unpaired) electrons. The molecule has 0 bridgehead atoms. The third-order valence-corrected chi connectivity index (χ3v) is 5.40. The molecule has 21 heavy (non-hydrogen) atoms. The van der Waals surface area contributed by atoms with Crippen LogP contribution in [0.4, 0.5) is 0 Å². The second-order valence-electron chi connectivity index (χ2n) is 5.39. The fourth-order valence-corrected chi connectivity index (χ4v) is 3.83. The van der Waals surface area contributed by atoms with Crippen LogP contribution in [-0.4, -0.2) is 29.1 Å². The molecule has 0 aliphatic carbocycles. The lowest BCUT2D eigenvalue weighted by Gasteiger charge is -2.31. The van der Waals surface area contributed by atoms with Crippen LogP contribution in [0.2, 0.25) is 0 Å². The second-order valence-corrected chi connectivity index (χ2v) is 6.73. The molecule has 1 aromatic carbocycles. The normalized spacial score (nSPS) is 16.1. The van der Waals surface area contributed by atoms with Gasteiger partial charge in [0.05, 0.1) is 11.8 Å². The zero-order valence-electron chi connectivity index (χ0n) is 12.1. The van der Waals surface area contributed by atoms with Crippen molar-refractivity contribution >= 4 is 17.7 Å². The van der Waals surface area contributed by atoms with Crippen LogP contribution in [-0.2, 0) is 0 Å². The first kappa shape index (κ1) is 14.3. The summed E-state index contributed by atoms with van der Waals surface area (Å²) in [5.74, 6) is 0.0862. The van der Waals surface area contributed by atoms with Gasteiger partial charge < -0.3 is 9.32 Å². The van der Waals surface area contributed by atoms with Gasteiger partial charge in [-0.3, -0.25) is 4.79 Å². The van der Waals surface area contributed by atoms with Crippen LogP contribution in [0.5, 0.6) is 0 Å². The highest BCUT2D eigenvalue weighted by atomic mass is 32.2. The first-order valence-electron chi connectivity index (χ1n) is 7.28. The summed E-state index contributed by atoms with van der Waals surface area (Å²) in [6.07, 6.45) is 5.16. The zero-order chi connectivity index (χ0) is 14.7. The quantitative estimate of drug-likeness (QED) is 0.859. The van der Waals surface area contributed by atoms with Crippen molar-refractivity contribution in [1.82, 2.24) is 4.90 Å². The van der Waals surface area contributed by atoms with E-state index in [1.165, 1.54) is 16.7 Å². The van der Waals surface area contributed by atoms with Gasteiger partial charge in [0.15, 0.2) is 0 Å². The Bertz CT molecular complexity index is 601. The van der Waals surface area contributed by atoms with Gasteiger partial charge in [-0.15, -0.1) is 11.8 Å². The summed E-state index contributed by atoms with van der Waals surface area (Å²) in [5, 5.41) is 0.597. The average Bonchev–Trinajstić information content (AvgIpc) is 3.04. The van der Waals surface area contributed by atoms with Gasteiger partial charge in [0.1, 0.15) is 6.26 Å². The Morgan fingerprint density at radius 2 is 2.00 bits per heavy atom. The number of piperidine rings is 1. The lowest BCUT2D eigenvalue weighted by Crippen LogP contribution is -2.39. The molecular weight excluding hydrogens is 282 g/mol. The van der Waals surface area contributed by atoms with Gasteiger partial charge in [0, 0.05) is 23.2 Å². The number of furan rings is 1.